The summed E-state index contributed by atoms with van der Waals surface area (Å²) in [5.41, 5.74) is 3.04. The van der Waals surface area contributed by atoms with Crippen molar-refractivity contribution >= 4 is 5.97 Å². The highest BCUT2D eigenvalue weighted by Crippen LogP contribution is 2.36. The van der Waals surface area contributed by atoms with E-state index in [9.17, 15) is 4.79 Å². The number of carbonyl (C=O) groups is 1. The molecule has 19 heavy (non-hydrogen) atoms. The Balaban J connectivity index is 1.50. The van der Waals surface area contributed by atoms with Gasteiger partial charge in [0, 0.05) is 12.5 Å². The minimum absolute atomic E-state index is 0.0337. The number of fused-ring (bicyclic) bond motifs is 1. The Hall–Kier alpha value is -1.35. The van der Waals surface area contributed by atoms with Crippen molar-refractivity contribution in [3.8, 4) is 0 Å². The van der Waals surface area contributed by atoms with Gasteiger partial charge in [-0.15, -0.1) is 0 Å². The van der Waals surface area contributed by atoms with Gasteiger partial charge >= 0.3 is 5.97 Å². The van der Waals surface area contributed by atoms with E-state index < -0.39 is 0 Å². The second kappa shape index (κ2) is 5.33. The molecule has 1 aromatic rings. The Bertz CT molecular complexity index is 464. The Labute approximate surface area is 114 Å². The maximum Gasteiger partial charge on any atom is 0.308 e. The van der Waals surface area contributed by atoms with Crippen LogP contribution >= 0.6 is 0 Å². The van der Waals surface area contributed by atoms with E-state index in [0.29, 0.717) is 5.92 Å². The number of ether oxygens (including phenoxy) is 1. The van der Waals surface area contributed by atoms with Gasteiger partial charge in [0.2, 0.25) is 0 Å². The van der Waals surface area contributed by atoms with Crippen LogP contribution in [0.1, 0.15) is 29.9 Å². The average molecular weight is 259 g/mol. The lowest BCUT2D eigenvalue weighted by Crippen LogP contribution is -2.40. The number of benzene rings is 1. The SMILES string of the molecule is COC(=O)C1CCN(CC2Cc3ccccc32)CC1. The van der Waals surface area contributed by atoms with Gasteiger partial charge in [-0.2, -0.15) is 0 Å². The molecule has 1 heterocycles. The first-order valence-corrected chi connectivity index (χ1v) is 7.16. The summed E-state index contributed by atoms with van der Waals surface area (Å²) in [5.74, 6) is 0.787. The number of nitrogens with zero attached hydrogens (tertiary/aromatic N) is 1. The van der Waals surface area contributed by atoms with E-state index in [1.165, 1.54) is 24.7 Å². The first-order chi connectivity index (χ1) is 9.28. The first kappa shape index (κ1) is 12.7. The number of esters is 1. The summed E-state index contributed by atoms with van der Waals surface area (Å²) in [4.78, 5) is 14.0. The quantitative estimate of drug-likeness (QED) is 0.779. The molecule has 1 aliphatic carbocycles. The number of likely N-dealkylation sites (tertiary alicyclic amines) is 1. The lowest BCUT2D eigenvalue weighted by atomic mass is 9.77. The zero-order chi connectivity index (χ0) is 13.2. The molecule has 0 radical (unpaired) electrons. The maximum absolute atomic E-state index is 11.5. The van der Waals surface area contributed by atoms with Crippen LogP contribution in [0, 0.1) is 5.92 Å². The summed E-state index contributed by atoms with van der Waals surface area (Å²) < 4.78 is 4.83. The molecule has 3 heteroatoms. The van der Waals surface area contributed by atoms with Crippen molar-refractivity contribution in [3.05, 3.63) is 35.4 Å². The fourth-order valence-corrected chi connectivity index (χ4v) is 3.36. The van der Waals surface area contributed by atoms with Crippen LogP contribution in [0.5, 0.6) is 0 Å². The molecule has 0 aromatic heterocycles. The topological polar surface area (TPSA) is 29.5 Å². The van der Waals surface area contributed by atoms with Crippen LogP contribution in [0.4, 0.5) is 0 Å². The van der Waals surface area contributed by atoms with Crippen molar-refractivity contribution in [1.29, 1.82) is 0 Å². The van der Waals surface area contributed by atoms with Gasteiger partial charge < -0.3 is 9.64 Å². The number of piperidine rings is 1. The van der Waals surface area contributed by atoms with Crippen LogP contribution in [0.3, 0.4) is 0 Å². The molecule has 102 valence electrons. The second-order valence-corrected chi connectivity index (χ2v) is 5.70. The van der Waals surface area contributed by atoms with Crippen molar-refractivity contribution in [3.63, 3.8) is 0 Å². The van der Waals surface area contributed by atoms with Crippen molar-refractivity contribution in [2.45, 2.75) is 25.2 Å². The van der Waals surface area contributed by atoms with Crippen LogP contribution in [-0.4, -0.2) is 37.6 Å². The number of rotatable bonds is 3. The van der Waals surface area contributed by atoms with Crippen molar-refractivity contribution in [1.82, 2.24) is 4.90 Å². The van der Waals surface area contributed by atoms with Gasteiger partial charge in [-0.3, -0.25) is 4.79 Å². The molecule has 1 fully saturated rings. The Morgan fingerprint density at radius 1 is 1.32 bits per heavy atom. The van der Waals surface area contributed by atoms with Gasteiger partial charge in [0.25, 0.3) is 0 Å². The molecule has 0 N–H and O–H groups in total. The van der Waals surface area contributed by atoms with Crippen LogP contribution < -0.4 is 0 Å². The molecule has 1 saturated heterocycles. The normalized spacial score (nSPS) is 23.5. The molecule has 3 nitrogen and oxygen atoms in total. The van der Waals surface area contributed by atoms with Crippen LogP contribution in [0.25, 0.3) is 0 Å². The van der Waals surface area contributed by atoms with Gasteiger partial charge in [-0.05, 0) is 43.5 Å². The largest absolute Gasteiger partial charge is 0.469 e. The van der Waals surface area contributed by atoms with Crippen LogP contribution in [-0.2, 0) is 16.0 Å². The van der Waals surface area contributed by atoms with Crippen LogP contribution in [0.2, 0.25) is 0 Å². The molecule has 0 saturated carbocycles. The number of carbonyl (C=O) groups excluding carboxylic acids is 1. The molecule has 1 unspecified atom stereocenters. The molecular formula is C16H21NO2. The van der Waals surface area contributed by atoms with Crippen molar-refractivity contribution < 1.29 is 9.53 Å². The minimum Gasteiger partial charge on any atom is -0.469 e. The highest BCUT2D eigenvalue weighted by Gasteiger charge is 2.30. The average Bonchev–Trinajstić information content (AvgIpc) is 2.44. The molecule has 1 aliphatic heterocycles. The maximum atomic E-state index is 11.5. The summed E-state index contributed by atoms with van der Waals surface area (Å²) in [6.07, 6.45) is 3.11. The van der Waals surface area contributed by atoms with E-state index >= 15 is 0 Å². The minimum atomic E-state index is -0.0337. The fraction of sp³-hybridized carbons (Fsp3) is 0.562. The second-order valence-electron chi connectivity index (χ2n) is 5.70. The van der Waals surface area contributed by atoms with Gasteiger partial charge in [-0.25, -0.2) is 0 Å². The molecule has 0 amide bonds. The highest BCUT2D eigenvalue weighted by molar-refractivity contribution is 5.72. The van der Waals surface area contributed by atoms with Crippen molar-refractivity contribution in [2.75, 3.05) is 26.7 Å². The van der Waals surface area contributed by atoms with Gasteiger partial charge in [0.15, 0.2) is 0 Å². The fourth-order valence-electron chi connectivity index (χ4n) is 3.36. The van der Waals surface area contributed by atoms with E-state index in [1.54, 1.807) is 0 Å². The third kappa shape index (κ3) is 2.52. The highest BCUT2D eigenvalue weighted by atomic mass is 16.5. The van der Waals surface area contributed by atoms with E-state index in [0.717, 1.165) is 32.5 Å². The molecule has 1 aromatic carbocycles. The Morgan fingerprint density at radius 3 is 2.74 bits per heavy atom. The van der Waals surface area contributed by atoms with Crippen molar-refractivity contribution in [2.24, 2.45) is 5.92 Å². The van der Waals surface area contributed by atoms with E-state index in [4.69, 9.17) is 4.74 Å². The molecular weight excluding hydrogens is 238 g/mol. The summed E-state index contributed by atoms with van der Waals surface area (Å²) in [6.45, 7) is 3.20. The zero-order valence-electron chi connectivity index (χ0n) is 11.5. The predicted molar refractivity (Wildman–Crippen MR) is 74.1 cm³/mol. The number of hydrogen-bond donors (Lipinski definition) is 0. The van der Waals surface area contributed by atoms with E-state index in [1.807, 2.05) is 0 Å². The predicted octanol–water partition coefficient (Wildman–Crippen LogP) is 2.21. The van der Waals surface area contributed by atoms with E-state index in [2.05, 4.69) is 29.2 Å². The Morgan fingerprint density at radius 2 is 2.05 bits per heavy atom. The smallest absolute Gasteiger partial charge is 0.308 e. The summed E-state index contributed by atoms with van der Waals surface area (Å²) in [5, 5.41) is 0. The molecule has 2 aliphatic rings. The molecule has 3 rings (SSSR count). The Kier molecular flexibility index (Phi) is 3.56. The standard InChI is InChI=1S/C16H21NO2/c1-19-16(18)12-6-8-17(9-7-12)11-14-10-13-4-2-3-5-15(13)14/h2-5,12,14H,6-11H2,1H3. The number of methoxy groups -OCH3 is 1. The van der Waals surface area contributed by atoms with E-state index in [-0.39, 0.29) is 11.9 Å². The molecule has 0 spiro atoms. The molecule has 1 atom stereocenters. The van der Waals surface area contributed by atoms with Crippen LogP contribution in [0.15, 0.2) is 24.3 Å². The first-order valence-electron chi connectivity index (χ1n) is 7.16. The summed E-state index contributed by atoms with van der Waals surface area (Å²) >= 11 is 0. The van der Waals surface area contributed by atoms with Gasteiger partial charge in [-0.1, -0.05) is 24.3 Å². The third-order valence-electron chi connectivity index (χ3n) is 4.56. The lowest BCUT2D eigenvalue weighted by molar-refractivity contribution is -0.147. The number of hydrogen-bond acceptors (Lipinski definition) is 3. The molecule has 0 bridgehead atoms. The monoisotopic (exact) mass is 259 g/mol. The van der Waals surface area contributed by atoms with Gasteiger partial charge in [0.1, 0.15) is 0 Å². The third-order valence-corrected chi connectivity index (χ3v) is 4.56. The summed E-state index contributed by atoms with van der Waals surface area (Å²) in [7, 11) is 1.49. The zero-order valence-corrected chi connectivity index (χ0v) is 11.5. The van der Waals surface area contributed by atoms with Gasteiger partial charge in [0.05, 0.1) is 13.0 Å². The summed E-state index contributed by atoms with van der Waals surface area (Å²) in [6, 6.07) is 8.74. The lowest BCUT2D eigenvalue weighted by Gasteiger charge is -2.37.